The quantitative estimate of drug-likeness (QED) is 0.542. The van der Waals surface area contributed by atoms with Gasteiger partial charge in [-0.15, -0.1) is 0 Å². The first kappa shape index (κ1) is 17.3. The number of anilines is 2. The third-order valence-corrected chi connectivity index (χ3v) is 4.21. The number of benzene rings is 1. The Labute approximate surface area is 139 Å². The molecule has 0 saturated heterocycles. The van der Waals surface area contributed by atoms with Crippen LogP contribution in [0, 0.1) is 0 Å². The van der Waals surface area contributed by atoms with Crippen LogP contribution >= 0.6 is 0 Å². The van der Waals surface area contributed by atoms with Gasteiger partial charge in [0.1, 0.15) is 5.75 Å². The molecule has 126 valence electrons. The molecule has 4 heteroatoms. The van der Waals surface area contributed by atoms with E-state index < -0.39 is 0 Å². The summed E-state index contributed by atoms with van der Waals surface area (Å²) in [7, 11) is 0. The van der Waals surface area contributed by atoms with Crippen LogP contribution in [0.3, 0.4) is 0 Å². The molecule has 2 rings (SSSR count). The van der Waals surface area contributed by atoms with E-state index in [1.807, 2.05) is 6.07 Å². The van der Waals surface area contributed by atoms with Gasteiger partial charge in [-0.3, -0.25) is 0 Å². The van der Waals surface area contributed by atoms with Gasteiger partial charge >= 0.3 is 0 Å². The maximum atomic E-state index is 5.77. The number of nitrogen functional groups attached to an aromatic ring is 2. The van der Waals surface area contributed by atoms with Crippen molar-refractivity contribution in [3.05, 3.63) is 41.7 Å². The maximum absolute atomic E-state index is 5.77. The molecule has 0 aliphatic rings. The zero-order valence-corrected chi connectivity index (χ0v) is 14.3. The predicted molar refractivity (Wildman–Crippen MR) is 97.8 cm³/mol. The second kappa shape index (κ2) is 8.51. The van der Waals surface area contributed by atoms with Crippen LogP contribution in [0.1, 0.15) is 44.2 Å². The highest BCUT2D eigenvalue weighted by atomic mass is 16.5. The summed E-state index contributed by atoms with van der Waals surface area (Å²) in [5.74, 6) is 0.794. The molecule has 0 bridgehead atoms. The van der Waals surface area contributed by atoms with Crippen LogP contribution in [-0.2, 0) is 19.4 Å². The normalized spacial score (nSPS) is 10.9. The van der Waals surface area contributed by atoms with Crippen LogP contribution < -0.4 is 16.2 Å². The van der Waals surface area contributed by atoms with Crippen molar-refractivity contribution in [2.24, 2.45) is 0 Å². The topological polar surface area (TPSA) is 66.2 Å². The van der Waals surface area contributed by atoms with Gasteiger partial charge in [-0.25, -0.2) is 0 Å². The number of hydrogen-bond donors (Lipinski definition) is 2. The first-order chi connectivity index (χ1) is 11.1. The minimum absolute atomic E-state index is 0.577. The van der Waals surface area contributed by atoms with Gasteiger partial charge in [0.25, 0.3) is 0 Å². The number of ether oxygens (including phenoxy) is 1. The fourth-order valence-electron chi connectivity index (χ4n) is 2.78. The van der Waals surface area contributed by atoms with Crippen LogP contribution in [-0.4, -0.2) is 11.2 Å². The number of hydrogen-bond acceptors (Lipinski definition) is 3. The Morgan fingerprint density at radius 1 is 0.913 bits per heavy atom. The second-order valence-electron chi connectivity index (χ2n) is 5.95. The van der Waals surface area contributed by atoms with Gasteiger partial charge in [-0.2, -0.15) is 0 Å². The van der Waals surface area contributed by atoms with Crippen LogP contribution in [0.25, 0.3) is 0 Å². The SMILES string of the molecule is CCc1cn(CCCCCOc2ccc(N)c(N)c2)cc1CC. The standard InChI is InChI=1S/C19H29N3O/c1-3-15-13-22(14-16(15)4-2)10-6-5-7-11-23-17-8-9-18(20)19(21)12-17/h8-9,12-14H,3-7,10-11,20-21H2,1-2H3. The average molecular weight is 315 g/mol. The third kappa shape index (κ3) is 4.95. The van der Waals surface area contributed by atoms with Crippen molar-refractivity contribution in [3.8, 4) is 5.75 Å². The highest BCUT2D eigenvalue weighted by Crippen LogP contribution is 2.21. The van der Waals surface area contributed by atoms with Crippen LogP contribution in [0.2, 0.25) is 0 Å². The molecule has 23 heavy (non-hydrogen) atoms. The van der Waals surface area contributed by atoms with E-state index in [4.69, 9.17) is 16.2 Å². The number of nitrogens with zero attached hydrogens (tertiary/aromatic N) is 1. The average Bonchev–Trinajstić information content (AvgIpc) is 2.96. The molecule has 4 N–H and O–H groups in total. The number of rotatable bonds is 9. The number of aromatic nitrogens is 1. The third-order valence-electron chi connectivity index (χ3n) is 4.21. The molecule has 0 fully saturated rings. The van der Waals surface area contributed by atoms with Gasteiger partial charge in [0.05, 0.1) is 18.0 Å². The summed E-state index contributed by atoms with van der Waals surface area (Å²) in [5, 5.41) is 0. The fourth-order valence-corrected chi connectivity index (χ4v) is 2.78. The van der Waals surface area contributed by atoms with E-state index >= 15 is 0 Å². The minimum atomic E-state index is 0.577. The second-order valence-corrected chi connectivity index (χ2v) is 5.95. The molecule has 0 spiro atoms. The summed E-state index contributed by atoms with van der Waals surface area (Å²) in [6.45, 7) is 6.25. The zero-order chi connectivity index (χ0) is 16.7. The van der Waals surface area contributed by atoms with E-state index in [0.717, 1.165) is 44.6 Å². The first-order valence-corrected chi connectivity index (χ1v) is 8.59. The van der Waals surface area contributed by atoms with Gasteiger partial charge in [0.15, 0.2) is 0 Å². The summed E-state index contributed by atoms with van der Waals surface area (Å²) in [6.07, 6.45) is 10.2. The molecular weight excluding hydrogens is 286 g/mol. The van der Waals surface area contributed by atoms with Gasteiger partial charge < -0.3 is 20.8 Å². The molecule has 0 aliphatic heterocycles. The van der Waals surface area contributed by atoms with E-state index in [9.17, 15) is 0 Å². The van der Waals surface area contributed by atoms with Gasteiger partial charge in [-0.05, 0) is 55.4 Å². The summed E-state index contributed by atoms with van der Waals surface area (Å²) in [4.78, 5) is 0. The zero-order valence-electron chi connectivity index (χ0n) is 14.3. The van der Waals surface area contributed by atoms with Gasteiger partial charge in [-0.1, -0.05) is 13.8 Å². The van der Waals surface area contributed by atoms with E-state index in [-0.39, 0.29) is 0 Å². The van der Waals surface area contributed by atoms with E-state index in [0.29, 0.717) is 11.4 Å². The predicted octanol–water partition coefficient (Wildman–Crippen LogP) is 4.03. The lowest BCUT2D eigenvalue weighted by atomic mass is 10.1. The summed E-state index contributed by atoms with van der Waals surface area (Å²) in [6, 6.07) is 5.44. The van der Waals surface area contributed by atoms with Crippen LogP contribution in [0.4, 0.5) is 11.4 Å². The number of aryl methyl sites for hydroxylation is 3. The lowest BCUT2D eigenvalue weighted by molar-refractivity contribution is 0.304. The van der Waals surface area contributed by atoms with Crippen molar-refractivity contribution in [2.75, 3.05) is 18.1 Å². The Balaban J connectivity index is 1.65. The lowest BCUT2D eigenvalue weighted by Gasteiger charge is -2.08. The minimum Gasteiger partial charge on any atom is -0.494 e. The largest absolute Gasteiger partial charge is 0.494 e. The van der Waals surface area contributed by atoms with Crippen molar-refractivity contribution in [2.45, 2.75) is 52.5 Å². The molecule has 4 nitrogen and oxygen atoms in total. The molecule has 0 saturated carbocycles. The Kier molecular flexibility index (Phi) is 6.39. The monoisotopic (exact) mass is 315 g/mol. The molecular formula is C19H29N3O. The molecule has 0 atom stereocenters. The lowest BCUT2D eigenvalue weighted by Crippen LogP contribution is -2.01. The number of nitrogens with two attached hydrogens (primary N) is 2. The Morgan fingerprint density at radius 3 is 2.22 bits per heavy atom. The van der Waals surface area contributed by atoms with Crippen LogP contribution in [0.5, 0.6) is 5.75 Å². The van der Waals surface area contributed by atoms with Crippen molar-refractivity contribution in [1.82, 2.24) is 4.57 Å². The first-order valence-electron chi connectivity index (χ1n) is 8.59. The van der Waals surface area contributed by atoms with E-state index in [2.05, 4.69) is 30.8 Å². The van der Waals surface area contributed by atoms with E-state index in [1.54, 1.807) is 12.1 Å². The van der Waals surface area contributed by atoms with Crippen molar-refractivity contribution >= 4 is 11.4 Å². The Bertz CT molecular complexity index is 598. The molecule has 2 aromatic rings. The molecule has 0 unspecified atom stereocenters. The summed E-state index contributed by atoms with van der Waals surface area (Å²) >= 11 is 0. The molecule has 0 aliphatic carbocycles. The van der Waals surface area contributed by atoms with Gasteiger partial charge in [0.2, 0.25) is 0 Å². The molecule has 1 aromatic heterocycles. The van der Waals surface area contributed by atoms with Crippen LogP contribution in [0.15, 0.2) is 30.6 Å². The highest BCUT2D eigenvalue weighted by molar-refractivity contribution is 5.65. The fraction of sp³-hybridized carbons (Fsp3) is 0.474. The maximum Gasteiger partial charge on any atom is 0.121 e. The smallest absolute Gasteiger partial charge is 0.121 e. The van der Waals surface area contributed by atoms with Crippen molar-refractivity contribution in [1.29, 1.82) is 0 Å². The highest BCUT2D eigenvalue weighted by Gasteiger charge is 2.03. The van der Waals surface area contributed by atoms with E-state index in [1.165, 1.54) is 17.5 Å². The van der Waals surface area contributed by atoms with Crippen molar-refractivity contribution < 1.29 is 4.74 Å². The summed E-state index contributed by atoms with van der Waals surface area (Å²) < 4.78 is 8.04. The Morgan fingerprint density at radius 2 is 1.61 bits per heavy atom. The molecule has 1 aromatic carbocycles. The van der Waals surface area contributed by atoms with Crippen molar-refractivity contribution in [3.63, 3.8) is 0 Å². The van der Waals surface area contributed by atoms with Gasteiger partial charge in [0, 0.05) is 25.0 Å². The molecule has 1 heterocycles. The molecule has 0 amide bonds. The summed E-state index contributed by atoms with van der Waals surface area (Å²) in [5.41, 5.74) is 15.6. The number of unbranched alkanes of at least 4 members (excludes halogenated alkanes) is 2. The molecule has 0 radical (unpaired) electrons. The Hall–Kier alpha value is -2.10.